The number of benzene rings is 1. The van der Waals surface area contributed by atoms with E-state index >= 15 is 0 Å². The number of rotatable bonds is 1. The van der Waals surface area contributed by atoms with Crippen LogP contribution in [0.3, 0.4) is 0 Å². The maximum atomic E-state index is 13.5. The Labute approximate surface area is 91.8 Å². The van der Waals surface area contributed by atoms with Gasteiger partial charge in [-0.15, -0.1) is 0 Å². The molecule has 4 heteroatoms. The lowest BCUT2D eigenvalue weighted by atomic mass is 10.1. The van der Waals surface area contributed by atoms with Crippen molar-refractivity contribution in [3.8, 4) is 11.1 Å². The molecule has 0 unspecified atom stereocenters. The molecule has 2 aromatic rings. The molecule has 0 bridgehead atoms. The molecular weight excluding hydrogens is 215 g/mol. The molecule has 0 spiro atoms. The van der Waals surface area contributed by atoms with E-state index in [1.54, 1.807) is 12.1 Å². The molecule has 0 N–H and O–H groups in total. The Kier molecular flexibility index (Phi) is 2.64. The first-order valence-electron chi connectivity index (χ1n) is 4.40. The van der Waals surface area contributed by atoms with Gasteiger partial charge in [0, 0.05) is 17.3 Å². The van der Waals surface area contributed by atoms with E-state index in [9.17, 15) is 4.39 Å². The number of nitrogens with zero attached hydrogens (tertiary/aromatic N) is 2. The molecule has 1 aromatic heterocycles. The Hall–Kier alpha value is -1.48. The molecule has 15 heavy (non-hydrogen) atoms. The zero-order valence-corrected chi connectivity index (χ0v) is 8.79. The molecule has 0 saturated carbocycles. The van der Waals surface area contributed by atoms with Crippen LogP contribution >= 0.6 is 11.6 Å². The van der Waals surface area contributed by atoms with Crippen molar-refractivity contribution in [2.75, 3.05) is 0 Å². The summed E-state index contributed by atoms with van der Waals surface area (Å²) in [6, 6.07) is 4.84. The number of hydrogen-bond acceptors (Lipinski definition) is 2. The van der Waals surface area contributed by atoms with E-state index in [4.69, 9.17) is 11.6 Å². The molecule has 0 radical (unpaired) electrons. The third-order valence-electron chi connectivity index (χ3n) is 2.08. The van der Waals surface area contributed by atoms with E-state index in [0.29, 0.717) is 11.1 Å². The topological polar surface area (TPSA) is 25.8 Å². The fourth-order valence-electron chi connectivity index (χ4n) is 1.34. The predicted molar refractivity (Wildman–Crippen MR) is 57.2 cm³/mol. The number of aromatic nitrogens is 2. The second-order valence-corrected chi connectivity index (χ2v) is 3.57. The van der Waals surface area contributed by atoms with E-state index in [1.165, 1.54) is 18.6 Å². The zero-order chi connectivity index (χ0) is 10.8. The highest BCUT2D eigenvalue weighted by molar-refractivity contribution is 6.32. The van der Waals surface area contributed by atoms with Gasteiger partial charge in [-0.3, -0.25) is 0 Å². The van der Waals surface area contributed by atoms with Crippen LogP contribution in [0.15, 0.2) is 30.7 Å². The molecule has 0 amide bonds. The van der Waals surface area contributed by atoms with Crippen molar-refractivity contribution in [1.29, 1.82) is 0 Å². The number of aryl methyl sites for hydroxylation is 1. The fourth-order valence-corrected chi connectivity index (χ4v) is 1.54. The zero-order valence-electron chi connectivity index (χ0n) is 8.04. The molecule has 2 nitrogen and oxygen atoms in total. The van der Waals surface area contributed by atoms with E-state index in [0.717, 1.165) is 5.56 Å². The highest BCUT2D eigenvalue weighted by Gasteiger charge is 2.09. The molecule has 0 aliphatic heterocycles. The Balaban J connectivity index is 2.64. The minimum Gasteiger partial charge on any atom is -0.244 e. The smallest absolute Gasteiger partial charge is 0.140 e. The molecule has 0 aliphatic carbocycles. The van der Waals surface area contributed by atoms with Crippen LogP contribution < -0.4 is 0 Å². The second kappa shape index (κ2) is 3.95. The highest BCUT2D eigenvalue weighted by Crippen LogP contribution is 2.27. The summed E-state index contributed by atoms with van der Waals surface area (Å²) < 4.78 is 13.5. The normalized spacial score (nSPS) is 10.3. The summed E-state index contributed by atoms with van der Waals surface area (Å²) in [5, 5.41) is 0.259. The minimum atomic E-state index is -0.322. The molecule has 0 atom stereocenters. The molecule has 0 fully saturated rings. The van der Waals surface area contributed by atoms with Crippen molar-refractivity contribution in [1.82, 2.24) is 9.97 Å². The van der Waals surface area contributed by atoms with Gasteiger partial charge in [0.25, 0.3) is 0 Å². The van der Waals surface area contributed by atoms with Crippen LogP contribution in [0, 0.1) is 12.7 Å². The monoisotopic (exact) mass is 222 g/mol. The second-order valence-electron chi connectivity index (χ2n) is 3.21. The van der Waals surface area contributed by atoms with Gasteiger partial charge in [-0.1, -0.05) is 23.2 Å². The molecule has 1 heterocycles. The lowest BCUT2D eigenvalue weighted by Crippen LogP contribution is -1.89. The van der Waals surface area contributed by atoms with Crippen molar-refractivity contribution < 1.29 is 4.39 Å². The standard InChI is InChI=1S/C11H8ClFN2/c1-7-2-3-10(13)8(4-7)9-5-14-6-15-11(9)12/h2-6H,1H3. The van der Waals surface area contributed by atoms with Crippen molar-refractivity contribution in [3.63, 3.8) is 0 Å². The van der Waals surface area contributed by atoms with E-state index in [-0.39, 0.29) is 11.0 Å². The molecule has 76 valence electrons. The largest absolute Gasteiger partial charge is 0.244 e. The minimum absolute atomic E-state index is 0.259. The van der Waals surface area contributed by atoms with Gasteiger partial charge in [0.1, 0.15) is 17.3 Å². The summed E-state index contributed by atoms with van der Waals surface area (Å²) in [4.78, 5) is 7.64. The maximum absolute atomic E-state index is 13.5. The predicted octanol–water partition coefficient (Wildman–Crippen LogP) is 3.24. The van der Waals surface area contributed by atoms with Crippen LogP contribution in [0.5, 0.6) is 0 Å². The van der Waals surface area contributed by atoms with Crippen molar-refractivity contribution in [2.24, 2.45) is 0 Å². The number of hydrogen-bond donors (Lipinski definition) is 0. The molecule has 1 aromatic carbocycles. The van der Waals surface area contributed by atoms with E-state index < -0.39 is 0 Å². The van der Waals surface area contributed by atoms with E-state index in [2.05, 4.69) is 9.97 Å². The fraction of sp³-hybridized carbons (Fsp3) is 0.0909. The van der Waals surface area contributed by atoms with Gasteiger partial charge >= 0.3 is 0 Å². The summed E-state index contributed by atoms with van der Waals surface area (Å²) in [5.41, 5.74) is 1.91. The van der Waals surface area contributed by atoms with Crippen LogP contribution in [0.25, 0.3) is 11.1 Å². The summed E-state index contributed by atoms with van der Waals surface area (Å²) >= 11 is 5.87. The van der Waals surface area contributed by atoms with Gasteiger partial charge in [0.2, 0.25) is 0 Å². The Morgan fingerprint density at radius 3 is 2.80 bits per heavy atom. The van der Waals surface area contributed by atoms with E-state index in [1.807, 2.05) is 6.92 Å². The van der Waals surface area contributed by atoms with Crippen LogP contribution in [0.2, 0.25) is 5.15 Å². The van der Waals surface area contributed by atoms with Gasteiger partial charge in [-0.2, -0.15) is 0 Å². The van der Waals surface area contributed by atoms with Crippen molar-refractivity contribution in [2.45, 2.75) is 6.92 Å². The van der Waals surface area contributed by atoms with Gasteiger partial charge in [-0.05, 0) is 19.1 Å². The maximum Gasteiger partial charge on any atom is 0.140 e. The molecule has 0 aliphatic rings. The Morgan fingerprint density at radius 2 is 2.07 bits per heavy atom. The quantitative estimate of drug-likeness (QED) is 0.693. The van der Waals surface area contributed by atoms with Gasteiger partial charge < -0.3 is 0 Å². The van der Waals surface area contributed by atoms with Crippen LogP contribution in [0.1, 0.15) is 5.56 Å². The van der Waals surface area contributed by atoms with Crippen molar-refractivity contribution in [3.05, 3.63) is 47.3 Å². The summed E-state index contributed by atoms with van der Waals surface area (Å²) in [7, 11) is 0. The SMILES string of the molecule is Cc1ccc(F)c(-c2cncnc2Cl)c1. The summed E-state index contributed by atoms with van der Waals surface area (Å²) in [6.07, 6.45) is 2.84. The molecular formula is C11H8ClFN2. The lowest BCUT2D eigenvalue weighted by Gasteiger charge is -2.05. The summed E-state index contributed by atoms with van der Waals surface area (Å²) in [6.45, 7) is 1.89. The Morgan fingerprint density at radius 1 is 1.27 bits per heavy atom. The average Bonchev–Trinajstić information content (AvgIpc) is 2.23. The highest BCUT2D eigenvalue weighted by atomic mass is 35.5. The van der Waals surface area contributed by atoms with Gasteiger partial charge in [-0.25, -0.2) is 14.4 Å². The third-order valence-corrected chi connectivity index (χ3v) is 2.38. The Bertz CT molecular complexity index is 500. The first-order valence-corrected chi connectivity index (χ1v) is 4.78. The molecule has 0 saturated heterocycles. The van der Waals surface area contributed by atoms with Crippen LogP contribution in [-0.2, 0) is 0 Å². The van der Waals surface area contributed by atoms with Crippen molar-refractivity contribution >= 4 is 11.6 Å². The first-order chi connectivity index (χ1) is 7.18. The first kappa shape index (κ1) is 10.1. The third kappa shape index (κ3) is 1.97. The van der Waals surface area contributed by atoms with Gasteiger partial charge in [0.05, 0.1) is 0 Å². The average molecular weight is 223 g/mol. The lowest BCUT2D eigenvalue weighted by molar-refractivity contribution is 0.630. The van der Waals surface area contributed by atoms with Gasteiger partial charge in [0.15, 0.2) is 0 Å². The molecule has 2 rings (SSSR count). The summed E-state index contributed by atoms with van der Waals surface area (Å²) in [5.74, 6) is -0.322. The van der Waals surface area contributed by atoms with Crippen LogP contribution in [-0.4, -0.2) is 9.97 Å². The van der Waals surface area contributed by atoms with Crippen LogP contribution in [0.4, 0.5) is 4.39 Å². The number of halogens is 2.